The molecule has 0 fully saturated rings. The van der Waals surface area contributed by atoms with Crippen LogP contribution in [0.1, 0.15) is 29.1 Å². The molecule has 1 aromatic heterocycles. The van der Waals surface area contributed by atoms with E-state index in [0.717, 1.165) is 17.1 Å². The minimum Gasteiger partial charge on any atom is -0.304 e. The molecule has 0 saturated heterocycles. The molecule has 0 unspecified atom stereocenters. The van der Waals surface area contributed by atoms with Gasteiger partial charge in [-0.2, -0.15) is 0 Å². The van der Waals surface area contributed by atoms with E-state index in [2.05, 4.69) is 66.6 Å². The maximum absolute atomic E-state index is 4.65. The molecule has 3 heteroatoms. The second-order valence-corrected chi connectivity index (χ2v) is 6.21. The number of rotatable bonds is 4. The third kappa shape index (κ3) is 2.89. The predicted octanol–water partition coefficient (Wildman–Crippen LogP) is 4.46. The summed E-state index contributed by atoms with van der Waals surface area (Å²) in [5, 5.41) is 4.70. The zero-order valence-electron chi connectivity index (χ0n) is 11.8. The number of nitrogens with zero attached hydrogens (tertiary/aromatic N) is 1. The van der Waals surface area contributed by atoms with Gasteiger partial charge in [0.05, 0.1) is 10.2 Å². The predicted molar refractivity (Wildman–Crippen MR) is 86.1 cm³/mol. The summed E-state index contributed by atoms with van der Waals surface area (Å²) in [6, 6.07) is 17.3. The maximum Gasteiger partial charge on any atom is 0.108 e. The van der Waals surface area contributed by atoms with Gasteiger partial charge in [0.2, 0.25) is 0 Å². The Labute approximate surface area is 123 Å². The number of nitrogens with one attached hydrogen (secondary N) is 1. The Morgan fingerprint density at radius 3 is 2.80 bits per heavy atom. The van der Waals surface area contributed by atoms with Gasteiger partial charge in [-0.15, -0.1) is 11.3 Å². The molecule has 3 rings (SSSR count). The molecule has 0 saturated carbocycles. The third-order valence-electron chi connectivity index (χ3n) is 3.44. The van der Waals surface area contributed by atoms with Crippen LogP contribution in [-0.2, 0) is 6.54 Å². The maximum atomic E-state index is 4.65. The zero-order valence-corrected chi connectivity index (χ0v) is 12.6. The van der Waals surface area contributed by atoms with Crippen molar-refractivity contribution in [1.29, 1.82) is 0 Å². The zero-order chi connectivity index (χ0) is 13.9. The van der Waals surface area contributed by atoms with E-state index in [1.54, 1.807) is 11.3 Å². The number of aromatic nitrogens is 1. The Bertz CT molecular complexity index is 685. The van der Waals surface area contributed by atoms with Crippen LogP contribution in [0.15, 0.2) is 48.5 Å². The van der Waals surface area contributed by atoms with Crippen molar-refractivity contribution >= 4 is 21.6 Å². The highest BCUT2D eigenvalue weighted by Gasteiger charge is 2.07. The number of thiazole rings is 1. The minimum atomic E-state index is 0.335. The van der Waals surface area contributed by atoms with Gasteiger partial charge in [0.1, 0.15) is 5.01 Å². The highest BCUT2D eigenvalue weighted by atomic mass is 32.1. The monoisotopic (exact) mass is 282 g/mol. The van der Waals surface area contributed by atoms with Crippen LogP contribution in [0.2, 0.25) is 0 Å². The van der Waals surface area contributed by atoms with Crippen LogP contribution in [-0.4, -0.2) is 4.98 Å². The van der Waals surface area contributed by atoms with E-state index in [1.165, 1.54) is 15.8 Å². The van der Waals surface area contributed by atoms with Crippen molar-refractivity contribution in [3.8, 4) is 0 Å². The van der Waals surface area contributed by atoms with Crippen molar-refractivity contribution in [3.63, 3.8) is 0 Å². The van der Waals surface area contributed by atoms with Crippen molar-refractivity contribution in [2.24, 2.45) is 0 Å². The first-order valence-electron chi connectivity index (χ1n) is 6.87. The van der Waals surface area contributed by atoms with Crippen molar-refractivity contribution in [2.75, 3.05) is 0 Å². The van der Waals surface area contributed by atoms with E-state index >= 15 is 0 Å². The number of para-hydroxylation sites is 1. The summed E-state index contributed by atoms with van der Waals surface area (Å²) in [7, 11) is 0. The van der Waals surface area contributed by atoms with E-state index in [9.17, 15) is 0 Å². The molecule has 0 aliphatic carbocycles. The summed E-state index contributed by atoms with van der Waals surface area (Å²) in [6.07, 6.45) is 0. The van der Waals surface area contributed by atoms with Crippen molar-refractivity contribution < 1.29 is 0 Å². The standard InChI is InChI=1S/C17H18N2S/c1-12-6-5-7-14(10-12)13(2)18-11-17-19-15-8-3-4-9-16(15)20-17/h3-10,13,18H,11H2,1-2H3/t13-/m0/s1. The van der Waals surface area contributed by atoms with Gasteiger partial charge in [-0.1, -0.05) is 42.0 Å². The van der Waals surface area contributed by atoms with Crippen molar-refractivity contribution in [3.05, 3.63) is 64.7 Å². The fourth-order valence-corrected chi connectivity index (χ4v) is 3.21. The molecule has 2 aromatic carbocycles. The molecule has 20 heavy (non-hydrogen) atoms. The smallest absolute Gasteiger partial charge is 0.108 e. The number of hydrogen-bond acceptors (Lipinski definition) is 3. The molecule has 1 N–H and O–H groups in total. The number of benzene rings is 2. The Hall–Kier alpha value is -1.71. The van der Waals surface area contributed by atoms with E-state index in [1.807, 2.05) is 6.07 Å². The van der Waals surface area contributed by atoms with Gasteiger partial charge < -0.3 is 5.32 Å². The van der Waals surface area contributed by atoms with Crippen LogP contribution in [0.4, 0.5) is 0 Å². The second-order valence-electron chi connectivity index (χ2n) is 5.09. The van der Waals surface area contributed by atoms with E-state index in [-0.39, 0.29) is 0 Å². The molecule has 0 radical (unpaired) electrons. The quantitative estimate of drug-likeness (QED) is 0.764. The number of fused-ring (bicyclic) bond motifs is 1. The third-order valence-corrected chi connectivity index (χ3v) is 4.48. The lowest BCUT2D eigenvalue weighted by Gasteiger charge is -2.13. The first kappa shape index (κ1) is 13.3. The normalized spacial score (nSPS) is 12.7. The molecule has 0 aliphatic heterocycles. The molecule has 0 amide bonds. The lowest BCUT2D eigenvalue weighted by molar-refractivity contribution is 0.573. The molecular weight excluding hydrogens is 264 g/mol. The van der Waals surface area contributed by atoms with Gasteiger partial charge >= 0.3 is 0 Å². The molecule has 0 aliphatic rings. The molecule has 2 nitrogen and oxygen atoms in total. The highest BCUT2D eigenvalue weighted by molar-refractivity contribution is 7.18. The lowest BCUT2D eigenvalue weighted by atomic mass is 10.1. The summed E-state index contributed by atoms with van der Waals surface area (Å²) in [5.41, 5.74) is 3.72. The van der Waals surface area contributed by atoms with Gasteiger partial charge in [-0.3, -0.25) is 0 Å². The van der Waals surface area contributed by atoms with Crippen LogP contribution in [0.5, 0.6) is 0 Å². The molecule has 0 spiro atoms. The average molecular weight is 282 g/mol. The Morgan fingerprint density at radius 2 is 2.00 bits per heavy atom. The fourth-order valence-electron chi connectivity index (χ4n) is 2.29. The van der Waals surface area contributed by atoms with Gasteiger partial charge in [-0.25, -0.2) is 4.98 Å². The van der Waals surface area contributed by atoms with Gasteiger partial charge in [0.15, 0.2) is 0 Å². The minimum absolute atomic E-state index is 0.335. The van der Waals surface area contributed by atoms with Crippen LogP contribution in [0, 0.1) is 6.92 Å². The van der Waals surface area contributed by atoms with Gasteiger partial charge in [-0.05, 0) is 31.5 Å². The fraction of sp³-hybridized carbons (Fsp3) is 0.235. The average Bonchev–Trinajstić information content (AvgIpc) is 2.87. The molecule has 102 valence electrons. The Morgan fingerprint density at radius 1 is 1.15 bits per heavy atom. The topological polar surface area (TPSA) is 24.9 Å². The largest absolute Gasteiger partial charge is 0.304 e. The van der Waals surface area contributed by atoms with E-state index < -0.39 is 0 Å². The van der Waals surface area contributed by atoms with Gasteiger partial charge in [0, 0.05) is 12.6 Å². The number of hydrogen-bond donors (Lipinski definition) is 1. The SMILES string of the molecule is Cc1cccc([C@H](C)NCc2nc3ccccc3s2)c1. The van der Waals surface area contributed by atoms with Crippen LogP contribution in [0.25, 0.3) is 10.2 Å². The summed E-state index contributed by atoms with van der Waals surface area (Å²) >= 11 is 1.76. The van der Waals surface area contributed by atoms with E-state index in [4.69, 9.17) is 0 Å². The van der Waals surface area contributed by atoms with Crippen molar-refractivity contribution in [2.45, 2.75) is 26.4 Å². The molecule has 0 bridgehead atoms. The molecule has 3 aromatic rings. The Balaban J connectivity index is 1.69. The van der Waals surface area contributed by atoms with Crippen LogP contribution >= 0.6 is 11.3 Å². The first-order chi connectivity index (χ1) is 9.72. The summed E-state index contributed by atoms with van der Waals surface area (Å²) in [4.78, 5) is 4.65. The summed E-state index contributed by atoms with van der Waals surface area (Å²) < 4.78 is 1.26. The summed E-state index contributed by atoms with van der Waals surface area (Å²) in [5.74, 6) is 0. The lowest BCUT2D eigenvalue weighted by Crippen LogP contribution is -2.17. The first-order valence-corrected chi connectivity index (χ1v) is 7.68. The number of aryl methyl sites for hydroxylation is 1. The molecular formula is C17H18N2S. The van der Waals surface area contributed by atoms with Gasteiger partial charge in [0.25, 0.3) is 0 Å². The van der Waals surface area contributed by atoms with Crippen LogP contribution in [0.3, 0.4) is 0 Å². The molecule has 1 heterocycles. The highest BCUT2D eigenvalue weighted by Crippen LogP contribution is 2.22. The Kier molecular flexibility index (Phi) is 3.81. The second kappa shape index (κ2) is 5.73. The van der Waals surface area contributed by atoms with E-state index in [0.29, 0.717) is 6.04 Å². The molecule has 1 atom stereocenters. The van der Waals surface area contributed by atoms with Crippen LogP contribution < -0.4 is 5.32 Å². The van der Waals surface area contributed by atoms with Crippen molar-refractivity contribution in [1.82, 2.24) is 10.3 Å². The summed E-state index contributed by atoms with van der Waals surface area (Å²) in [6.45, 7) is 5.14.